The predicted octanol–water partition coefficient (Wildman–Crippen LogP) is 2.16. The summed E-state index contributed by atoms with van der Waals surface area (Å²) in [5, 5.41) is 2.64. The molecule has 0 radical (unpaired) electrons. The Labute approximate surface area is 136 Å². The molecule has 0 aromatic heterocycles. The molecule has 0 atom stereocenters. The number of halogens is 2. The van der Waals surface area contributed by atoms with Crippen LogP contribution in [0.15, 0.2) is 24.3 Å². The number of rotatable bonds is 7. The highest BCUT2D eigenvalue weighted by Crippen LogP contribution is 2.09. The maximum atomic E-state index is 12.8. The Morgan fingerprint density at radius 3 is 2.36 bits per heavy atom. The van der Waals surface area contributed by atoms with Crippen LogP contribution in [0.25, 0.3) is 0 Å². The summed E-state index contributed by atoms with van der Waals surface area (Å²) in [6.45, 7) is 4.12. The minimum absolute atomic E-state index is 0. The third-order valence-electron chi connectivity index (χ3n) is 2.98. The van der Waals surface area contributed by atoms with Gasteiger partial charge in [0.1, 0.15) is 12.4 Å². The van der Waals surface area contributed by atoms with Crippen LogP contribution in [0.3, 0.4) is 0 Å². The van der Waals surface area contributed by atoms with E-state index in [9.17, 15) is 14.0 Å². The quantitative estimate of drug-likeness (QED) is 0.804. The van der Waals surface area contributed by atoms with Gasteiger partial charge in [-0.3, -0.25) is 9.59 Å². The molecule has 0 bridgehead atoms. The summed E-state index contributed by atoms with van der Waals surface area (Å²) in [6.07, 6.45) is 0.931. The van der Waals surface area contributed by atoms with Crippen LogP contribution in [0.4, 0.5) is 10.1 Å². The first-order chi connectivity index (χ1) is 9.93. The Morgan fingerprint density at radius 1 is 1.27 bits per heavy atom. The van der Waals surface area contributed by atoms with E-state index >= 15 is 0 Å². The maximum absolute atomic E-state index is 12.8. The minimum atomic E-state index is -0.367. The smallest absolute Gasteiger partial charge is 0.244 e. The van der Waals surface area contributed by atoms with Gasteiger partial charge < -0.3 is 16.0 Å². The molecule has 22 heavy (non-hydrogen) atoms. The van der Waals surface area contributed by atoms with Crippen LogP contribution in [0.5, 0.6) is 0 Å². The van der Waals surface area contributed by atoms with Gasteiger partial charge in [0.25, 0.3) is 0 Å². The number of nitrogens with one attached hydrogen (secondary N) is 1. The molecule has 124 valence electrons. The summed E-state index contributed by atoms with van der Waals surface area (Å²) >= 11 is 0. The van der Waals surface area contributed by atoms with E-state index in [1.165, 1.54) is 29.2 Å². The summed E-state index contributed by atoms with van der Waals surface area (Å²) in [5.41, 5.74) is 5.89. The molecule has 1 rings (SSSR count). The molecule has 0 fully saturated rings. The van der Waals surface area contributed by atoms with Gasteiger partial charge in [0.2, 0.25) is 11.8 Å². The van der Waals surface area contributed by atoms with Crippen LogP contribution in [0.1, 0.15) is 26.7 Å². The second-order valence-electron chi connectivity index (χ2n) is 5.06. The minimum Gasteiger partial charge on any atom is -0.331 e. The highest BCUT2D eigenvalue weighted by atomic mass is 35.5. The Balaban J connectivity index is 0.00000441. The lowest BCUT2D eigenvalue weighted by molar-refractivity contribution is -0.136. The average Bonchev–Trinajstić information content (AvgIpc) is 2.44. The third-order valence-corrected chi connectivity index (χ3v) is 2.98. The number of carbonyl (C=O) groups excluding carboxylic acids is 2. The molecule has 0 saturated heterocycles. The largest absolute Gasteiger partial charge is 0.331 e. The Morgan fingerprint density at radius 2 is 1.86 bits per heavy atom. The van der Waals surface area contributed by atoms with E-state index in [0.717, 1.165) is 0 Å². The molecule has 2 amide bonds. The van der Waals surface area contributed by atoms with E-state index in [-0.39, 0.29) is 42.6 Å². The number of benzene rings is 1. The Hall–Kier alpha value is -1.66. The van der Waals surface area contributed by atoms with Crippen molar-refractivity contribution in [3.63, 3.8) is 0 Å². The summed E-state index contributed by atoms with van der Waals surface area (Å²) in [5.74, 6) is -0.769. The number of nitrogens with two attached hydrogens (primary N) is 1. The summed E-state index contributed by atoms with van der Waals surface area (Å²) < 4.78 is 12.8. The molecule has 1 aromatic rings. The van der Waals surface area contributed by atoms with Crippen molar-refractivity contribution in [1.82, 2.24) is 4.90 Å². The Kier molecular flexibility index (Phi) is 9.37. The lowest BCUT2D eigenvalue weighted by Gasteiger charge is -2.26. The van der Waals surface area contributed by atoms with Crippen LogP contribution in [0.2, 0.25) is 0 Å². The molecule has 0 heterocycles. The molecule has 5 nitrogen and oxygen atoms in total. The van der Waals surface area contributed by atoms with Gasteiger partial charge in [-0.1, -0.05) is 0 Å². The molecular formula is C15H23ClFN3O2. The highest BCUT2D eigenvalue weighted by molar-refractivity contribution is 5.94. The second-order valence-corrected chi connectivity index (χ2v) is 5.06. The van der Waals surface area contributed by atoms with E-state index in [2.05, 4.69) is 5.32 Å². The second kappa shape index (κ2) is 10.1. The number of hydrogen-bond donors (Lipinski definition) is 2. The average molecular weight is 332 g/mol. The van der Waals surface area contributed by atoms with Crippen molar-refractivity contribution in [2.24, 2.45) is 5.73 Å². The zero-order chi connectivity index (χ0) is 15.8. The van der Waals surface area contributed by atoms with E-state index < -0.39 is 0 Å². The van der Waals surface area contributed by atoms with Gasteiger partial charge in [-0.15, -0.1) is 12.4 Å². The van der Waals surface area contributed by atoms with Crippen molar-refractivity contribution in [2.45, 2.75) is 32.7 Å². The molecule has 0 saturated carbocycles. The number of amides is 2. The van der Waals surface area contributed by atoms with Gasteiger partial charge in [0, 0.05) is 18.2 Å². The molecule has 0 aliphatic rings. The monoisotopic (exact) mass is 331 g/mol. The molecule has 7 heteroatoms. The first kappa shape index (κ1) is 20.3. The zero-order valence-electron chi connectivity index (χ0n) is 12.8. The van der Waals surface area contributed by atoms with E-state index in [1.807, 2.05) is 13.8 Å². The fourth-order valence-corrected chi connectivity index (χ4v) is 1.84. The number of hydrogen-bond acceptors (Lipinski definition) is 3. The van der Waals surface area contributed by atoms with Crippen molar-refractivity contribution < 1.29 is 14.0 Å². The van der Waals surface area contributed by atoms with Crippen molar-refractivity contribution in [3.8, 4) is 0 Å². The van der Waals surface area contributed by atoms with Crippen LogP contribution < -0.4 is 11.1 Å². The number of carbonyl (C=O) groups is 2. The van der Waals surface area contributed by atoms with Gasteiger partial charge >= 0.3 is 0 Å². The van der Waals surface area contributed by atoms with Crippen molar-refractivity contribution >= 4 is 29.9 Å². The first-order valence-corrected chi connectivity index (χ1v) is 6.99. The van der Waals surface area contributed by atoms with Gasteiger partial charge in [-0.2, -0.15) is 0 Å². The van der Waals surface area contributed by atoms with Gasteiger partial charge in [0.15, 0.2) is 0 Å². The molecular weight excluding hydrogens is 309 g/mol. The normalized spacial score (nSPS) is 10.0. The number of anilines is 1. The van der Waals surface area contributed by atoms with Crippen molar-refractivity contribution in [2.75, 3.05) is 18.4 Å². The molecule has 0 spiro atoms. The summed E-state index contributed by atoms with van der Waals surface area (Å²) in [6, 6.07) is 5.41. The fourth-order valence-electron chi connectivity index (χ4n) is 1.84. The van der Waals surface area contributed by atoms with Crippen LogP contribution in [0, 0.1) is 5.82 Å². The summed E-state index contributed by atoms with van der Waals surface area (Å²) in [7, 11) is 0. The lowest BCUT2D eigenvalue weighted by Crippen LogP contribution is -2.42. The molecule has 1 aromatic carbocycles. The molecule has 0 aliphatic heterocycles. The van der Waals surface area contributed by atoms with Crippen LogP contribution >= 0.6 is 12.4 Å². The van der Waals surface area contributed by atoms with Gasteiger partial charge in [-0.25, -0.2) is 4.39 Å². The van der Waals surface area contributed by atoms with Crippen LogP contribution in [-0.4, -0.2) is 35.8 Å². The third kappa shape index (κ3) is 6.87. The van der Waals surface area contributed by atoms with Crippen LogP contribution in [-0.2, 0) is 9.59 Å². The fraction of sp³-hybridized carbons (Fsp3) is 0.467. The SMILES string of the molecule is CC(C)N(CC(=O)Nc1ccc(F)cc1)C(=O)CCCN.Cl. The highest BCUT2D eigenvalue weighted by Gasteiger charge is 2.19. The topological polar surface area (TPSA) is 75.4 Å². The van der Waals surface area contributed by atoms with Crippen molar-refractivity contribution in [3.05, 3.63) is 30.1 Å². The van der Waals surface area contributed by atoms with Gasteiger partial charge in [0.05, 0.1) is 0 Å². The standard InChI is InChI=1S/C15H22FN3O2.ClH/c1-11(2)19(15(21)4-3-9-17)10-14(20)18-13-7-5-12(16)6-8-13;/h5-8,11H,3-4,9-10,17H2,1-2H3,(H,18,20);1H. The number of nitrogens with zero attached hydrogens (tertiary/aromatic N) is 1. The first-order valence-electron chi connectivity index (χ1n) is 6.99. The van der Waals surface area contributed by atoms with Gasteiger partial charge in [-0.05, 0) is 51.1 Å². The molecule has 0 unspecified atom stereocenters. The predicted molar refractivity (Wildman–Crippen MR) is 87.4 cm³/mol. The zero-order valence-corrected chi connectivity index (χ0v) is 13.7. The van der Waals surface area contributed by atoms with E-state index in [1.54, 1.807) is 0 Å². The molecule has 0 aliphatic carbocycles. The van der Waals surface area contributed by atoms with E-state index in [4.69, 9.17) is 5.73 Å². The lowest BCUT2D eigenvalue weighted by atomic mass is 10.2. The molecule has 3 N–H and O–H groups in total. The Bertz CT molecular complexity index is 480. The van der Waals surface area contributed by atoms with E-state index in [0.29, 0.717) is 25.1 Å². The summed E-state index contributed by atoms with van der Waals surface area (Å²) in [4.78, 5) is 25.5. The van der Waals surface area contributed by atoms with Crippen molar-refractivity contribution in [1.29, 1.82) is 0 Å². The maximum Gasteiger partial charge on any atom is 0.244 e.